The Morgan fingerprint density at radius 1 is 1.13 bits per heavy atom. The maximum Gasteiger partial charge on any atom is 0.241 e. The van der Waals surface area contributed by atoms with Gasteiger partial charge in [0.2, 0.25) is 5.91 Å². The summed E-state index contributed by atoms with van der Waals surface area (Å²) in [6.07, 6.45) is 4.07. The van der Waals surface area contributed by atoms with Gasteiger partial charge < -0.3 is 10.6 Å². The number of carbonyl (C=O) groups excluding carboxylic acids is 1. The predicted octanol–water partition coefficient (Wildman–Crippen LogP) is 3.47. The Hall–Kier alpha value is -2.13. The van der Waals surface area contributed by atoms with Gasteiger partial charge in [-0.3, -0.25) is 4.79 Å². The minimum Gasteiger partial charge on any atom is -0.325 e. The number of aryl methyl sites for hydroxylation is 3. The summed E-state index contributed by atoms with van der Waals surface area (Å²) in [5, 5.41) is 6.21. The second-order valence-electron chi connectivity index (χ2n) is 6.26. The summed E-state index contributed by atoms with van der Waals surface area (Å²) < 4.78 is 0. The van der Waals surface area contributed by atoms with Gasteiger partial charge in [0.05, 0.1) is 6.04 Å². The molecule has 0 aromatic heterocycles. The zero-order valence-corrected chi connectivity index (χ0v) is 13.6. The van der Waals surface area contributed by atoms with Crippen LogP contribution >= 0.6 is 0 Å². The number of carbonyl (C=O) groups is 1. The number of hydrogen-bond donors (Lipinski definition) is 2. The van der Waals surface area contributed by atoms with E-state index in [0.717, 1.165) is 37.9 Å². The van der Waals surface area contributed by atoms with Gasteiger partial charge in [0, 0.05) is 5.69 Å². The van der Waals surface area contributed by atoms with Gasteiger partial charge in [0.15, 0.2) is 0 Å². The molecule has 3 nitrogen and oxygen atoms in total. The van der Waals surface area contributed by atoms with Crippen LogP contribution in [0.15, 0.2) is 48.5 Å². The molecule has 1 aliphatic rings. The van der Waals surface area contributed by atoms with Crippen molar-refractivity contribution in [1.29, 1.82) is 0 Å². The van der Waals surface area contributed by atoms with Gasteiger partial charge in [-0.25, -0.2) is 0 Å². The number of anilines is 1. The first-order chi connectivity index (χ1) is 11.2. The minimum atomic E-state index is -0.0317. The quantitative estimate of drug-likeness (QED) is 0.888. The van der Waals surface area contributed by atoms with E-state index in [2.05, 4.69) is 54.0 Å². The molecule has 1 atom stereocenters. The standard InChI is InChI=1S/C20H24N2O/c1-15-5-2-3-6-17(15)11-8-16-9-12-18(13-10-16)22-20(23)19-7-4-14-21-19/h2-3,5-6,9-10,12-13,19,21H,4,7-8,11,14H2,1H3,(H,22,23). The fourth-order valence-electron chi connectivity index (χ4n) is 3.06. The molecule has 1 heterocycles. The Morgan fingerprint density at radius 3 is 2.61 bits per heavy atom. The van der Waals surface area contributed by atoms with Crippen LogP contribution in [0.25, 0.3) is 0 Å². The van der Waals surface area contributed by atoms with E-state index >= 15 is 0 Å². The number of hydrogen-bond acceptors (Lipinski definition) is 2. The largest absolute Gasteiger partial charge is 0.325 e. The molecule has 2 N–H and O–H groups in total. The van der Waals surface area contributed by atoms with Crippen molar-refractivity contribution in [3.8, 4) is 0 Å². The number of rotatable bonds is 5. The first kappa shape index (κ1) is 15.8. The Labute approximate surface area is 138 Å². The molecule has 120 valence electrons. The van der Waals surface area contributed by atoms with Crippen molar-refractivity contribution in [2.24, 2.45) is 0 Å². The molecular formula is C20H24N2O. The van der Waals surface area contributed by atoms with Crippen LogP contribution in [-0.4, -0.2) is 18.5 Å². The van der Waals surface area contributed by atoms with E-state index < -0.39 is 0 Å². The highest BCUT2D eigenvalue weighted by Gasteiger charge is 2.21. The highest BCUT2D eigenvalue weighted by atomic mass is 16.2. The first-order valence-electron chi connectivity index (χ1n) is 8.40. The molecule has 2 aromatic carbocycles. The third-order valence-corrected chi connectivity index (χ3v) is 4.54. The highest BCUT2D eigenvalue weighted by molar-refractivity contribution is 5.95. The summed E-state index contributed by atoms with van der Waals surface area (Å²) >= 11 is 0. The second kappa shape index (κ2) is 7.42. The summed E-state index contributed by atoms with van der Waals surface area (Å²) in [6.45, 7) is 3.10. The molecule has 0 aliphatic carbocycles. The third-order valence-electron chi connectivity index (χ3n) is 4.54. The monoisotopic (exact) mass is 308 g/mol. The van der Waals surface area contributed by atoms with Crippen molar-refractivity contribution < 1.29 is 4.79 Å². The van der Waals surface area contributed by atoms with E-state index in [1.807, 2.05) is 12.1 Å². The lowest BCUT2D eigenvalue weighted by Gasteiger charge is -2.11. The van der Waals surface area contributed by atoms with Crippen LogP contribution in [0.4, 0.5) is 5.69 Å². The molecule has 23 heavy (non-hydrogen) atoms. The Bertz CT molecular complexity index is 658. The summed E-state index contributed by atoms with van der Waals surface area (Å²) in [5.74, 6) is 0.0789. The van der Waals surface area contributed by atoms with E-state index in [1.165, 1.54) is 16.7 Å². The van der Waals surface area contributed by atoms with Crippen molar-refractivity contribution in [1.82, 2.24) is 5.32 Å². The second-order valence-corrected chi connectivity index (χ2v) is 6.26. The minimum absolute atomic E-state index is 0.0317. The van der Waals surface area contributed by atoms with Gasteiger partial charge in [-0.2, -0.15) is 0 Å². The van der Waals surface area contributed by atoms with Gasteiger partial charge in [-0.1, -0.05) is 36.4 Å². The van der Waals surface area contributed by atoms with Gasteiger partial charge in [-0.05, 0) is 68.0 Å². The molecule has 0 radical (unpaired) electrons. The molecule has 1 amide bonds. The van der Waals surface area contributed by atoms with E-state index in [9.17, 15) is 4.79 Å². The fraction of sp³-hybridized carbons (Fsp3) is 0.350. The fourth-order valence-corrected chi connectivity index (χ4v) is 3.06. The lowest BCUT2D eigenvalue weighted by atomic mass is 10.0. The normalized spacial score (nSPS) is 17.2. The Kier molecular flexibility index (Phi) is 5.09. The molecule has 3 heteroatoms. The van der Waals surface area contributed by atoms with Crippen LogP contribution in [0.3, 0.4) is 0 Å². The number of amides is 1. The van der Waals surface area contributed by atoms with Crippen LogP contribution in [0, 0.1) is 6.92 Å². The molecule has 1 fully saturated rings. The van der Waals surface area contributed by atoms with E-state index in [0.29, 0.717) is 0 Å². The molecular weight excluding hydrogens is 284 g/mol. The average Bonchev–Trinajstić information content (AvgIpc) is 3.10. The van der Waals surface area contributed by atoms with E-state index in [-0.39, 0.29) is 11.9 Å². The summed E-state index contributed by atoms with van der Waals surface area (Å²) in [7, 11) is 0. The highest BCUT2D eigenvalue weighted by Crippen LogP contribution is 2.15. The molecule has 1 unspecified atom stereocenters. The lowest BCUT2D eigenvalue weighted by molar-refractivity contribution is -0.117. The van der Waals surface area contributed by atoms with Crippen LogP contribution in [0.1, 0.15) is 29.5 Å². The first-order valence-corrected chi connectivity index (χ1v) is 8.40. The van der Waals surface area contributed by atoms with Crippen molar-refractivity contribution in [2.45, 2.75) is 38.6 Å². The van der Waals surface area contributed by atoms with Crippen LogP contribution in [0.5, 0.6) is 0 Å². The van der Waals surface area contributed by atoms with Gasteiger partial charge in [-0.15, -0.1) is 0 Å². The molecule has 0 saturated carbocycles. The molecule has 1 saturated heterocycles. The van der Waals surface area contributed by atoms with Gasteiger partial charge in [0.25, 0.3) is 0 Å². The topological polar surface area (TPSA) is 41.1 Å². The van der Waals surface area contributed by atoms with Crippen molar-refractivity contribution >= 4 is 11.6 Å². The van der Waals surface area contributed by atoms with Crippen LogP contribution in [0.2, 0.25) is 0 Å². The molecule has 3 rings (SSSR count). The smallest absolute Gasteiger partial charge is 0.241 e. The van der Waals surface area contributed by atoms with Crippen LogP contribution < -0.4 is 10.6 Å². The van der Waals surface area contributed by atoms with E-state index in [4.69, 9.17) is 0 Å². The molecule has 2 aromatic rings. The van der Waals surface area contributed by atoms with Crippen LogP contribution in [-0.2, 0) is 17.6 Å². The maximum atomic E-state index is 12.1. The number of benzene rings is 2. The number of nitrogens with one attached hydrogen (secondary N) is 2. The summed E-state index contributed by atoms with van der Waals surface area (Å²) in [5.41, 5.74) is 4.92. The molecule has 1 aliphatic heterocycles. The lowest BCUT2D eigenvalue weighted by Crippen LogP contribution is -2.35. The SMILES string of the molecule is Cc1ccccc1CCc1ccc(NC(=O)C2CCCN2)cc1. The van der Waals surface area contributed by atoms with Crippen molar-refractivity contribution in [2.75, 3.05) is 11.9 Å². The van der Waals surface area contributed by atoms with Gasteiger partial charge >= 0.3 is 0 Å². The Balaban J connectivity index is 1.54. The zero-order valence-electron chi connectivity index (χ0n) is 13.6. The molecule has 0 bridgehead atoms. The predicted molar refractivity (Wildman–Crippen MR) is 94.7 cm³/mol. The van der Waals surface area contributed by atoms with Gasteiger partial charge in [0.1, 0.15) is 0 Å². The summed E-state index contributed by atoms with van der Waals surface area (Å²) in [6, 6.07) is 16.7. The summed E-state index contributed by atoms with van der Waals surface area (Å²) in [4.78, 5) is 12.1. The van der Waals surface area contributed by atoms with E-state index in [1.54, 1.807) is 0 Å². The average molecular weight is 308 g/mol. The van der Waals surface area contributed by atoms with Crippen molar-refractivity contribution in [3.63, 3.8) is 0 Å². The maximum absolute atomic E-state index is 12.1. The third kappa shape index (κ3) is 4.20. The Morgan fingerprint density at radius 2 is 1.91 bits per heavy atom. The zero-order chi connectivity index (χ0) is 16.1. The molecule has 0 spiro atoms. The van der Waals surface area contributed by atoms with Crippen molar-refractivity contribution in [3.05, 3.63) is 65.2 Å².